The first kappa shape index (κ1) is 21.1. The van der Waals surface area contributed by atoms with Gasteiger partial charge in [-0.2, -0.15) is 0 Å². The summed E-state index contributed by atoms with van der Waals surface area (Å²) >= 11 is 0. The Hall–Kier alpha value is -2.61. The maximum atomic E-state index is 12.3. The summed E-state index contributed by atoms with van der Waals surface area (Å²) in [5, 5.41) is 5.55. The third-order valence-electron chi connectivity index (χ3n) is 5.54. The van der Waals surface area contributed by atoms with Gasteiger partial charge in [-0.3, -0.25) is 19.7 Å². The van der Waals surface area contributed by atoms with E-state index in [-0.39, 0.29) is 23.8 Å². The fourth-order valence-corrected chi connectivity index (χ4v) is 3.77. The molecule has 0 bridgehead atoms. The summed E-state index contributed by atoms with van der Waals surface area (Å²) in [7, 11) is 0. The minimum Gasteiger partial charge on any atom is -0.374 e. The van der Waals surface area contributed by atoms with Crippen LogP contribution in [0.3, 0.4) is 0 Å². The summed E-state index contributed by atoms with van der Waals surface area (Å²) in [6.45, 7) is 3.80. The highest BCUT2D eigenvalue weighted by molar-refractivity contribution is 6.01. The summed E-state index contributed by atoms with van der Waals surface area (Å²) in [5.74, 6) is -0.240. The van der Waals surface area contributed by atoms with E-state index >= 15 is 0 Å². The minimum absolute atomic E-state index is 0.211. The van der Waals surface area contributed by atoms with Gasteiger partial charge in [0.2, 0.25) is 17.7 Å². The summed E-state index contributed by atoms with van der Waals surface area (Å²) in [5.41, 5.74) is 7.45. The molecule has 1 aromatic carbocycles. The Labute approximate surface area is 171 Å². The highest BCUT2D eigenvalue weighted by atomic mass is 16.2. The zero-order chi connectivity index (χ0) is 20.6. The molecule has 4 N–H and O–H groups in total. The number of benzene rings is 1. The SMILES string of the molecule is NCCCCCC(=O)N1CCN(c2ccc(NC3CCC(=O)NC3=O)cc2)CC1. The third-order valence-corrected chi connectivity index (χ3v) is 5.54. The van der Waals surface area contributed by atoms with Crippen LogP contribution >= 0.6 is 0 Å². The van der Waals surface area contributed by atoms with Crippen molar-refractivity contribution in [1.82, 2.24) is 10.2 Å². The molecule has 2 heterocycles. The van der Waals surface area contributed by atoms with Crippen molar-refractivity contribution in [2.24, 2.45) is 5.73 Å². The molecule has 1 atom stereocenters. The number of carbonyl (C=O) groups excluding carboxylic acids is 3. The quantitative estimate of drug-likeness (QED) is 0.444. The largest absolute Gasteiger partial charge is 0.374 e. The Morgan fingerprint density at radius 2 is 1.79 bits per heavy atom. The van der Waals surface area contributed by atoms with Crippen LogP contribution in [-0.4, -0.2) is 61.4 Å². The molecular formula is C21H31N5O3. The Morgan fingerprint density at radius 1 is 1.07 bits per heavy atom. The first-order chi connectivity index (χ1) is 14.1. The summed E-state index contributed by atoms with van der Waals surface area (Å²) in [6.07, 6.45) is 4.39. The van der Waals surface area contributed by atoms with E-state index in [1.807, 2.05) is 29.2 Å². The van der Waals surface area contributed by atoms with Crippen LogP contribution in [0.4, 0.5) is 11.4 Å². The first-order valence-corrected chi connectivity index (χ1v) is 10.5. The molecule has 0 aliphatic carbocycles. The minimum atomic E-state index is -0.377. The lowest BCUT2D eigenvalue weighted by atomic mass is 10.1. The molecule has 2 saturated heterocycles. The van der Waals surface area contributed by atoms with Crippen molar-refractivity contribution in [3.8, 4) is 0 Å². The van der Waals surface area contributed by atoms with Crippen molar-refractivity contribution in [3.63, 3.8) is 0 Å². The number of amides is 3. The second-order valence-corrected chi connectivity index (χ2v) is 7.66. The van der Waals surface area contributed by atoms with Crippen LogP contribution in [0.1, 0.15) is 38.5 Å². The Kier molecular flexibility index (Phi) is 7.46. The molecule has 0 aromatic heterocycles. The predicted octanol–water partition coefficient (Wildman–Crippen LogP) is 1.07. The smallest absolute Gasteiger partial charge is 0.249 e. The number of piperazine rings is 1. The van der Waals surface area contributed by atoms with Crippen LogP contribution in [0.5, 0.6) is 0 Å². The van der Waals surface area contributed by atoms with Crippen LogP contribution in [0.25, 0.3) is 0 Å². The van der Waals surface area contributed by atoms with Crippen molar-refractivity contribution in [1.29, 1.82) is 0 Å². The van der Waals surface area contributed by atoms with Crippen LogP contribution in [0.15, 0.2) is 24.3 Å². The summed E-state index contributed by atoms with van der Waals surface area (Å²) in [6, 6.07) is 7.58. The number of nitrogens with two attached hydrogens (primary N) is 1. The van der Waals surface area contributed by atoms with Gasteiger partial charge in [0.15, 0.2) is 0 Å². The van der Waals surface area contributed by atoms with Crippen LogP contribution in [0, 0.1) is 0 Å². The van der Waals surface area contributed by atoms with Gasteiger partial charge in [-0.25, -0.2) is 0 Å². The van der Waals surface area contributed by atoms with Gasteiger partial charge in [-0.15, -0.1) is 0 Å². The Morgan fingerprint density at radius 3 is 2.45 bits per heavy atom. The number of nitrogens with one attached hydrogen (secondary N) is 2. The normalized spacial score (nSPS) is 19.8. The second-order valence-electron chi connectivity index (χ2n) is 7.66. The van der Waals surface area contributed by atoms with Crippen molar-refractivity contribution >= 4 is 29.1 Å². The monoisotopic (exact) mass is 401 g/mol. The molecule has 1 aromatic rings. The molecule has 29 heavy (non-hydrogen) atoms. The number of piperidine rings is 1. The summed E-state index contributed by atoms with van der Waals surface area (Å²) in [4.78, 5) is 39.6. The zero-order valence-electron chi connectivity index (χ0n) is 16.9. The van der Waals surface area contributed by atoms with Crippen LogP contribution in [-0.2, 0) is 14.4 Å². The first-order valence-electron chi connectivity index (χ1n) is 10.5. The Bertz CT molecular complexity index is 714. The molecular weight excluding hydrogens is 370 g/mol. The van der Waals surface area contributed by atoms with E-state index in [1.165, 1.54) is 0 Å². The Balaban J connectivity index is 1.44. The zero-order valence-corrected chi connectivity index (χ0v) is 16.9. The predicted molar refractivity (Wildman–Crippen MR) is 113 cm³/mol. The van der Waals surface area contributed by atoms with Gasteiger partial charge in [0.05, 0.1) is 0 Å². The van der Waals surface area contributed by atoms with E-state index in [1.54, 1.807) is 0 Å². The van der Waals surface area contributed by atoms with Gasteiger partial charge < -0.3 is 20.9 Å². The van der Waals surface area contributed by atoms with E-state index in [9.17, 15) is 14.4 Å². The van der Waals surface area contributed by atoms with Gasteiger partial charge in [-0.1, -0.05) is 6.42 Å². The maximum absolute atomic E-state index is 12.3. The molecule has 2 fully saturated rings. The highest BCUT2D eigenvalue weighted by Crippen LogP contribution is 2.21. The van der Waals surface area contributed by atoms with Crippen molar-refractivity contribution in [2.75, 3.05) is 42.9 Å². The van der Waals surface area contributed by atoms with E-state index in [0.717, 1.165) is 56.8 Å². The van der Waals surface area contributed by atoms with E-state index in [4.69, 9.17) is 5.73 Å². The lowest BCUT2D eigenvalue weighted by Gasteiger charge is -2.36. The van der Waals surface area contributed by atoms with Gasteiger partial charge in [0.1, 0.15) is 6.04 Å². The molecule has 0 spiro atoms. The maximum Gasteiger partial charge on any atom is 0.249 e. The second kappa shape index (κ2) is 10.2. The fourth-order valence-electron chi connectivity index (χ4n) is 3.77. The molecule has 3 amide bonds. The average molecular weight is 402 g/mol. The van der Waals surface area contributed by atoms with Crippen molar-refractivity contribution < 1.29 is 14.4 Å². The molecule has 8 heteroatoms. The van der Waals surface area contributed by atoms with E-state index in [2.05, 4.69) is 15.5 Å². The van der Waals surface area contributed by atoms with Gasteiger partial charge in [-0.05, 0) is 50.1 Å². The molecule has 1 unspecified atom stereocenters. The van der Waals surface area contributed by atoms with Crippen molar-refractivity contribution in [3.05, 3.63) is 24.3 Å². The van der Waals surface area contributed by atoms with E-state index < -0.39 is 0 Å². The number of unbranched alkanes of at least 4 members (excludes halogenated alkanes) is 2. The number of nitrogens with zero attached hydrogens (tertiary/aromatic N) is 2. The number of hydrogen-bond donors (Lipinski definition) is 3. The molecule has 0 radical (unpaired) electrons. The molecule has 2 aliphatic heterocycles. The molecule has 2 aliphatic rings. The van der Waals surface area contributed by atoms with Crippen LogP contribution < -0.4 is 21.3 Å². The fraction of sp³-hybridized carbons (Fsp3) is 0.571. The van der Waals surface area contributed by atoms with Gasteiger partial charge in [0, 0.05) is 50.4 Å². The number of rotatable bonds is 8. The topological polar surface area (TPSA) is 108 Å². The highest BCUT2D eigenvalue weighted by Gasteiger charge is 2.26. The average Bonchev–Trinajstić information content (AvgIpc) is 2.74. The number of hydrogen-bond acceptors (Lipinski definition) is 6. The molecule has 158 valence electrons. The molecule has 3 rings (SSSR count). The third kappa shape index (κ3) is 5.93. The molecule has 0 saturated carbocycles. The van der Waals surface area contributed by atoms with Crippen molar-refractivity contribution in [2.45, 2.75) is 44.6 Å². The number of anilines is 2. The summed E-state index contributed by atoms with van der Waals surface area (Å²) < 4.78 is 0. The molecule has 8 nitrogen and oxygen atoms in total. The number of imide groups is 1. The standard InChI is InChI=1S/C21H31N5O3/c22-11-3-1-2-4-20(28)26-14-12-25(13-15-26)17-7-5-16(6-8-17)23-18-9-10-19(27)24-21(18)29/h5-8,18,23H,1-4,9-15,22H2,(H,24,27,29). The lowest BCUT2D eigenvalue weighted by Crippen LogP contribution is -2.48. The lowest BCUT2D eigenvalue weighted by molar-refractivity contribution is -0.134. The van der Waals surface area contributed by atoms with E-state index in [0.29, 0.717) is 25.8 Å². The number of carbonyl (C=O) groups is 3. The van der Waals surface area contributed by atoms with Gasteiger partial charge in [0.25, 0.3) is 0 Å². The van der Waals surface area contributed by atoms with Crippen LogP contribution in [0.2, 0.25) is 0 Å². The van der Waals surface area contributed by atoms with Gasteiger partial charge >= 0.3 is 0 Å².